The molecule has 0 amide bonds. The zero-order valence-electron chi connectivity index (χ0n) is 7.70. The standard InChI is InChI=1S/C10H13BrN2/c1-8-3-2-4-13(8)10-5-9(11)6-12-7-10/h5-8H,2-4H2,1H3. The van der Waals surface area contributed by atoms with E-state index in [-0.39, 0.29) is 0 Å². The molecular formula is C10H13BrN2. The van der Waals surface area contributed by atoms with Gasteiger partial charge in [0, 0.05) is 23.3 Å². The van der Waals surface area contributed by atoms with Crippen molar-refractivity contribution in [3.63, 3.8) is 0 Å². The van der Waals surface area contributed by atoms with E-state index in [1.807, 2.05) is 12.4 Å². The Balaban J connectivity index is 2.24. The number of hydrogen-bond donors (Lipinski definition) is 0. The molecule has 1 aliphatic heterocycles. The Morgan fingerprint density at radius 2 is 2.38 bits per heavy atom. The average Bonchev–Trinajstić information content (AvgIpc) is 2.51. The van der Waals surface area contributed by atoms with Gasteiger partial charge >= 0.3 is 0 Å². The van der Waals surface area contributed by atoms with Gasteiger partial charge in [-0.05, 0) is 41.8 Å². The molecule has 2 heterocycles. The van der Waals surface area contributed by atoms with Crippen LogP contribution < -0.4 is 4.90 Å². The highest BCUT2D eigenvalue weighted by Crippen LogP contribution is 2.26. The lowest BCUT2D eigenvalue weighted by Crippen LogP contribution is -2.26. The molecule has 1 aromatic rings. The van der Waals surface area contributed by atoms with Gasteiger partial charge in [-0.15, -0.1) is 0 Å². The van der Waals surface area contributed by atoms with Gasteiger partial charge in [-0.2, -0.15) is 0 Å². The maximum atomic E-state index is 4.17. The van der Waals surface area contributed by atoms with Crippen LogP contribution in [0.1, 0.15) is 19.8 Å². The number of aromatic nitrogens is 1. The quantitative estimate of drug-likeness (QED) is 0.751. The van der Waals surface area contributed by atoms with Crippen LogP contribution in [0.15, 0.2) is 22.9 Å². The Kier molecular flexibility index (Phi) is 2.54. The Labute approximate surface area is 87.1 Å². The maximum absolute atomic E-state index is 4.17. The zero-order chi connectivity index (χ0) is 9.26. The summed E-state index contributed by atoms with van der Waals surface area (Å²) in [7, 11) is 0. The number of halogens is 1. The highest BCUT2D eigenvalue weighted by molar-refractivity contribution is 9.10. The van der Waals surface area contributed by atoms with Gasteiger partial charge in [-0.1, -0.05) is 0 Å². The van der Waals surface area contributed by atoms with Crippen LogP contribution >= 0.6 is 15.9 Å². The average molecular weight is 241 g/mol. The topological polar surface area (TPSA) is 16.1 Å². The summed E-state index contributed by atoms with van der Waals surface area (Å²) in [6.07, 6.45) is 6.36. The first-order valence-electron chi connectivity index (χ1n) is 4.64. The molecule has 3 heteroatoms. The lowest BCUT2D eigenvalue weighted by molar-refractivity contribution is 0.734. The van der Waals surface area contributed by atoms with Gasteiger partial charge in [0.25, 0.3) is 0 Å². The van der Waals surface area contributed by atoms with Crippen molar-refractivity contribution in [1.29, 1.82) is 0 Å². The minimum Gasteiger partial charge on any atom is -0.368 e. The molecule has 2 nitrogen and oxygen atoms in total. The fraction of sp³-hybridized carbons (Fsp3) is 0.500. The van der Waals surface area contributed by atoms with Crippen molar-refractivity contribution >= 4 is 21.6 Å². The Bertz CT molecular complexity index is 301. The molecule has 1 saturated heterocycles. The molecule has 1 atom stereocenters. The highest BCUT2D eigenvalue weighted by Gasteiger charge is 2.20. The molecule has 0 radical (unpaired) electrons. The molecule has 0 spiro atoms. The molecule has 70 valence electrons. The first kappa shape index (κ1) is 9.00. The van der Waals surface area contributed by atoms with Crippen molar-refractivity contribution in [1.82, 2.24) is 4.98 Å². The van der Waals surface area contributed by atoms with Crippen LogP contribution in [-0.4, -0.2) is 17.6 Å². The van der Waals surface area contributed by atoms with E-state index in [0.717, 1.165) is 4.47 Å². The van der Waals surface area contributed by atoms with Crippen LogP contribution in [0.4, 0.5) is 5.69 Å². The lowest BCUT2D eigenvalue weighted by atomic mass is 10.2. The number of rotatable bonds is 1. The first-order valence-corrected chi connectivity index (χ1v) is 5.44. The van der Waals surface area contributed by atoms with Crippen LogP contribution in [0.25, 0.3) is 0 Å². The van der Waals surface area contributed by atoms with Crippen LogP contribution in [0.2, 0.25) is 0 Å². The Hall–Kier alpha value is -0.570. The van der Waals surface area contributed by atoms with Crippen molar-refractivity contribution < 1.29 is 0 Å². The van der Waals surface area contributed by atoms with Gasteiger partial charge in [0.15, 0.2) is 0 Å². The highest BCUT2D eigenvalue weighted by atomic mass is 79.9. The summed E-state index contributed by atoms with van der Waals surface area (Å²) in [5.41, 5.74) is 1.24. The fourth-order valence-electron chi connectivity index (χ4n) is 1.87. The summed E-state index contributed by atoms with van der Waals surface area (Å²) in [4.78, 5) is 6.59. The van der Waals surface area contributed by atoms with Gasteiger partial charge in [0.2, 0.25) is 0 Å². The number of pyridine rings is 1. The summed E-state index contributed by atoms with van der Waals surface area (Å²) in [5.74, 6) is 0. The summed E-state index contributed by atoms with van der Waals surface area (Å²) in [6, 6.07) is 2.80. The van der Waals surface area contributed by atoms with Crippen LogP contribution in [0.3, 0.4) is 0 Å². The Morgan fingerprint density at radius 1 is 1.54 bits per heavy atom. The molecule has 1 unspecified atom stereocenters. The van der Waals surface area contributed by atoms with E-state index in [9.17, 15) is 0 Å². The molecule has 1 aliphatic rings. The van der Waals surface area contributed by atoms with Crippen LogP contribution in [0.5, 0.6) is 0 Å². The van der Waals surface area contributed by atoms with E-state index in [2.05, 4.69) is 38.8 Å². The summed E-state index contributed by atoms with van der Waals surface area (Å²) in [6.45, 7) is 3.44. The second-order valence-electron chi connectivity index (χ2n) is 3.55. The molecule has 0 N–H and O–H groups in total. The summed E-state index contributed by atoms with van der Waals surface area (Å²) < 4.78 is 1.06. The first-order chi connectivity index (χ1) is 6.27. The van der Waals surface area contributed by atoms with Crippen molar-refractivity contribution in [3.05, 3.63) is 22.9 Å². The zero-order valence-corrected chi connectivity index (χ0v) is 9.29. The predicted octanol–water partition coefficient (Wildman–Crippen LogP) is 2.83. The maximum Gasteiger partial charge on any atom is 0.0566 e. The van der Waals surface area contributed by atoms with E-state index < -0.39 is 0 Å². The molecule has 0 bridgehead atoms. The normalized spacial score (nSPS) is 22.3. The SMILES string of the molecule is CC1CCCN1c1cncc(Br)c1. The van der Waals surface area contributed by atoms with Crippen molar-refractivity contribution in [2.24, 2.45) is 0 Å². The van der Waals surface area contributed by atoms with Gasteiger partial charge in [0.1, 0.15) is 0 Å². The fourth-order valence-corrected chi connectivity index (χ4v) is 2.23. The molecule has 1 fully saturated rings. The van der Waals surface area contributed by atoms with Gasteiger partial charge in [-0.25, -0.2) is 0 Å². The second kappa shape index (κ2) is 3.66. The molecular weight excluding hydrogens is 228 g/mol. The van der Waals surface area contributed by atoms with E-state index in [0.29, 0.717) is 6.04 Å². The van der Waals surface area contributed by atoms with Crippen molar-refractivity contribution in [2.75, 3.05) is 11.4 Å². The smallest absolute Gasteiger partial charge is 0.0566 e. The molecule has 13 heavy (non-hydrogen) atoms. The van der Waals surface area contributed by atoms with Gasteiger partial charge in [-0.3, -0.25) is 4.98 Å². The number of hydrogen-bond acceptors (Lipinski definition) is 2. The number of anilines is 1. The summed E-state index contributed by atoms with van der Waals surface area (Å²) >= 11 is 3.44. The minimum atomic E-state index is 0.663. The molecule has 0 aliphatic carbocycles. The third-order valence-corrected chi connectivity index (χ3v) is 3.01. The molecule has 0 aromatic carbocycles. The van der Waals surface area contributed by atoms with E-state index in [4.69, 9.17) is 0 Å². The number of nitrogens with zero attached hydrogens (tertiary/aromatic N) is 2. The molecule has 1 aromatic heterocycles. The monoisotopic (exact) mass is 240 g/mol. The van der Waals surface area contributed by atoms with Crippen molar-refractivity contribution in [2.45, 2.75) is 25.8 Å². The van der Waals surface area contributed by atoms with E-state index in [1.54, 1.807) is 0 Å². The van der Waals surface area contributed by atoms with Crippen LogP contribution in [-0.2, 0) is 0 Å². The second-order valence-corrected chi connectivity index (χ2v) is 4.46. The minimum absolute atomic E-state index is 0.663. The van der Waals surface area contributed by atoms with E-state index in [1.165, 1.54) is 25.1 Å². The van der Waals surface area contributed by atoms with Gasteiger partial charge < -0.3 is 4.90 Å². The van der Waals surface area contributed by atoms with Crippen molar-refractivity contribution in [3.8, 4) is 0 Å². The molecule has 2 rings (SSSR count). The third-order valence-electron chi connectivity index (χ3n) is 2.58. The largest absolute Gasteiger partial charge is 0.368 e. The van der Waals surface area contributed by atoms with Crippen LogP contribution in [0, 0.1) is 0 Å². The predicted molar refractivity (Wildman–Crippen MR) is 58.0 cm³/mol. The van der Waals surface area contributed by atoms with Gasteiger partial charge in [0.05, 0.1) is 11.9 Å². The van der Waals surface area contributed by atoms with E-state index >= 15 is 0 Å². The Morgan fingerprint density at radius 3 is 3.00 bits per heavy atom. The third kappa shape index (κ3) is 1.85. The summed E-state index contributed by atoms with van der Waals surface area (Å²) in [5, 5.41) is 0. The lowest BCUT2D eigenvalue weighted by Gasteiger charge is -2.23. The molecule has 0 saturated carbocycles.